The van der Waals surface area contributed by atoms with Gasteiger partial charge in [0.15, 0.2) is 0 Å². The first-order valence-corrected chi connectivity index (χ1v) is 2.00. The first kappa shape index (κ1) is 7.10. The molecule has 0 aliphatic rings. The molecule has 0 fully saturated rings. The summed E-state index contributed by atoms with van der Waals surface area (Å²) >= 11 is 0. The molecule has 35 valence electrons. The first-order chi connectivity index (χ1) is 3.00. The molecule has 0 bridgehead atoms. The molecule has 1 heteroatoms. The summed E-state index contributed by atoms with van der Waals surface area (Å²) in [6.45, 7) is 0. The standard InChI is InChI=1S/C6H6.Bi/c1-2-4-6-5-3-1;/h1-6H;. The Labute approximate surface area is 62.7 Å². The van der Waals surface area contributed by atoms with E-state index in [0.717, 1.165) is 0 Å². The van der Waals surface area contributed by atoms with E-state index in [2.05, 4.69) is 0 Å². The molecule has 0 aliphatic heterocycles. The normalized spacial score (nSPS) is 6.86. The summed E-state index contributed by atoms with van der Waals surface area (Å²) in [5, 5.41) is 0. The summed E-state index contributed by atoms with van der Waals surface area (Å²) < 4.78 is 0. The van der Waals surface area contributed by atoms with E-state index in [0.29, 0.717) is 0 Å². The van der Waals surface area contributed by atoms with Crippen LogP contribution in [-0.2, 0) is 0 Å². The minimum absolute atomic E-state index is 0. The third-order valence-electron chi connectivity index (χ3n) is 0.667. The maximum Gasteiger partial charge on any atom is 0 e. The van der Waals surface area contributed by atoms with Gasteiger partial charge in [0.25, 0.3) is 0 Å². The molecule has 0 spiro atoms. The zero-order valence-corrected chi connectivity index (χ0v) is 7.39. The molecule has 1 rings (SSSR count). The minimum atomic E-state index is 0. The van der Waals surface area contributed by atoms with Crippen LogP contribution in [0.4, 0.5) is 0 Å². The van der Waals surface area contributed by atoms with Crippen molar-refractivity contribution in [3.8, 4) is 0 Å². The molecule has 0 saturated carbocycles. The van der Waals surface area contributed by atoms with Crippen LogP contribution in [0.3, 0.4) is 0 Å². The Hall–Kier alpha value is 0.103. The van der Waals surface area contributed by atoms with Gasteiger partial charge >= 0.3 is 0 Å². The predicted octanol–water partition coefficient (Wildman–Crippen LogP) is 1.31. The molecule has 0 N–H and O–H groups in total. The van der Waals surface area contributed by atoms with Crippen LogP contribution < -0.4 is 0 Å². The van der Waals surface area contributed by atoms with Crippen molar-refractivity contribution >= 4 is 26.2 Å². The Morgan fingerprint density at radius 2 is 0.571 bits per heavy atom. The Morgan fingerprint density at radius 1 is 0.429 bits per heavy atom. The van der Waals surface area contributed by atoms with Gasteiger partial charge in [-0.1, -0.05) is 36.4 Å². The molecule has 0 amide bonds. The second-order valence-electron chi connectivity index (χ2n) is 1.15. The second-order valence-corrected chi connectivity index (χ2v) is 1.15. The molecular weight excluding hydrogens is 281 g/mol. The fraction of sp³-hybridized carbons (Fsp3) is 0. The first-order valence-electron chi connectivity index (χ1n) is 2.00. The molecular formula is C6H6Bi. The molecule has 0 aliphatic carbocycles. The van der Waals surface area contributed by atoms with Gasteiger partial charge in [-0.2, -0.15) is 0 Å². The van der Waals surface area contributed by atoms with Crippen LogP contribution in [0.5, 0.6) is 0 Å². The smallest absolute Gasteiger partial charge is 0 e. The Balaban J connectivity index is 0.000000360. The van der Waals surface area contributed by atoms with Gasteiger partial charge in [-0.25, -0.2) is 0 Å². The van der Waals surface area contributed by atoms with Crippen LogP contribution in [0, 0.1) is 0 Å². The van der Waals surface area contributed by atoms with Gasteiger partial charge in [0.05, 0.1) is 0 Å². The Bertz CT molecular complexity index is 76.1. The van der Waals surface area contributed by atoms with Gasteiger partial charge in [-0.3, -0.25) is 0 Å². The average Bonchev–Trinajstić information content (AvgIpc) is 1.72. The van der Waals surface area contributed by atoms with Crippen molar-refractivity contribution in [1.82, 2.24) is 0 Å². The molecule has 0 heterocycles. The van der Waals surface area contributed by atoms with Gasteiger partial charge in [-0.15, -0.1) is 0 Å². The largest absolute Gasteiger partial charge is 0.0623 e. The van der Waals surface area contributed by atoms with Crippen molar-refractivity contribution in [3.63, 3.8) is 0 Å². The topological polar surface area (TPSA) is 0 Å². The Morgan fingerprint density at radius 3 is 0.714 bits per heavy atom. The number of hydrogen-bond acceptors (Lipinski definition) is 0. The summed E-state index contributed by atoms with van der Waals surface area (Å²) in [4.78, 5) is 0. The summed E-state index contributed by atoms with van der Waals surface area (Å²) in [6, 6.07) is 12.0. The van der Waals surface area contributed by atoms with Crippen molar-refractivity contribution in [3.05, 3.63) is 36.4 Å². The van der Waals surface area contributed by atoms with Crippen LogP contribution in [-0.4, -0.2) is 26.2 Å². The predicted molar refractivity (Wildman–Crippen MR) is 32.2 cm³/mol. The van der Waals surface area contributed by atoms with Gasteiger partial charge in [0, 0.05) is 26.2 Å². The van der Waals surface area contributed by atoms with Crippen molar-refractivity contribution in [2.75, 3.05) is 0 Å². The zero-order valence-electron chi connectivity index (χ0n) is 3.91. The quantitative estimate of drug-likeness (QED) is 0.631. The fourth-order valence-corrected chi connectivity index (χ4v) is 0.385. The van der Waals surface area contributed by atoms with Crippen LogP contribution in [0.2, 0.25) is 0 Å². The van der Waals surface area contributed by atoms with Gasteiger partial charge in [-0.05, 0) is 0 Å². The van der Waals surface area contributed by atoms with Crippen molar-refractivity contribution < 1.29 is 0 Å². The minimum Gasteiger partial charge on any atom is -0.0623 e. The van der Waals surface area contributed by atoms with E-state index in [1.54, 1.807) is 0 Å². The maximum atomic E-state index is 2.00. The monoisotopic (exact) mass is 287 g/mol. The molecule has 7 heavy (non-hydrogen) atoms. The number of benzene rings is 1. The van der Waals surface area contributed by atoms with E-state index in [4.69, 9.17) is 0 Å². The van der Waals surface area contributed by atoms with E-state index in [1.807, 2.05) is 36.4 Å². The molecule has 0 atom stereocenters. The average molecular weight is 287 g/mol. The van der Waals surface area contributed by atoms with Crippen LogP contribution in [0.25, 0.3) is 0 Å². The van der Waals surface area contributed by atoms with E-state index in [-0.39, 0.29) is 26.2 Å². The second kappa shape index (κ2) is 4.27. The van der Waals surface area contributed by atoms with Crippen LogP contribution in [0.1, 0.15) is 0 Å². The fourth-order valence-electron chi connectivity index (χ4n) is 0.385. The van der Waals surface area contributed by atoms with E-state index in [1.165, 1.54) is 0 Å². The zero-order chi connectivity index (χ0) is 4.24. The summed E-state index contributed by atoms with van der Waals surface area (Å²) in [6.07, 6.45) is 0. The maximum absolute atomic E-state index is 2.00. The molecule has 3 radical (unpaired) electrons. The SMILES string of the molecule is [Bi].c1ccccc1. The summed E-state index contributed by atoms with van der Waals surface area (Å²) in [5.74, 6) is 0. The van der Waals surface area contributed by atoms with Gasteiger partial charge in [0.2, 0.25) is 0 Å². The third kappa shape index (κ3) is 2.76. The molecule has 1 aromatic rings. The van der Waals surface area contributed by atoms with Gasteiger partial charge < -0.3 is 0 Å². The molecule has 0 nitrogen and oxygen atoms in total. The molecule has 0 unspecified atom stereocenters. The summed E-state index contributed by atoms with van der Waals surface area (Å²) in [7, 11) is 0. The Kier molecular flexibility index (Phi) is 4.33. The number of hydrogen-bond donors (Lipinski definition) is 0. The molecule has 0 saturated heterocycles. The van der Waals surface area contributed by atoms with Crippen LogP contribution >= 0.6 is 0 Å². The molecule has 0 aromatic heterocycles. The van der Waals surface area contributed by atoms with Crippen molar-refractivity contribution in [1.29, 1.82) is 0 Å². The van der Waals surface area contributed by atoms with E-state index >= 15 is 0 Å². The van der Waals surface area contributed by atoms with E-state index in [9.17, 15) is 0 Å². The van der Waals surface area contributed by atoms with Crippen molar-refractivity contribution in [2.45, 2.75) is 0 Å². The number of rotatable bonds is 0. The summed E-state index contributed by atoms with van der Waals surface area (Å²) in [5.41, 5.74) is 0. The van der Waals surface area contributed by atoms with Crippen LogP contribution in [0.15, 0.2) is 36.4 Å². The third-order valence-corrected chi connectivity index (χ3v) is 0.667. The van der Waals surface area contributed by atoms with E-state index < -0.39 is 0 Å². The van der Waals surface area contributed by atoms with Gasteiger partial charge in [0.1, 0.15) is 0 Å². The van der Waals surface area contributed by atoms with Crippen molar-refractivity contribution in [2.24, 2.45) is 0 Å². The molecule has 1 aromatic carbocycles.